The summed E-state index contributed by atoms with van der Waals surface area (Å²) < 4.78 is 23.2. The molecule has 0 aliphatic carbocycles. The predicted molar refractivity (Wildman–Crippen MR) is 175 cm³/mol. The number of aliphatic hydroxyl groups is 1. The van der Waals surface area contributed by atoms with Gasteiger partial charge in [0.15, 0.2) is 0 Å². The fourth-order valence-electron chi connectivity index (χ4n) is 4.42. The zero-order valence-electron chi connectivity index (χ0n) is 27.7. The number of nitrogens with zero attached hydrogens (tertiary/aromatic N) is 1. The van der Waals surface area contributed by atoms with E-state index in [0.29, 0.717) is 23.9 Å². The van der Waals surface area contributed by atoms with Crippen LogP contribution in [0.25, 0.3) is 0 Å². The van der Waals surface area contributed by atoms with Crippen LogP contribution in [0, 0.1) is 0 Å². The molecule has 0 aliphatic heterocycles. The van der Waals surface area contributed by atoms with Crippen LogP contribution in [0.4, 0.5) is 0 Å². The molecule has 3 atom stereocenters. The van der Waals surface area contributed by atoms with Crippen molar-refractivity contribution in [3.8, 4) is 0 Å². The van der Waals surface area contributed by atoms with E-state index in [1.165, 1.54) is 32.1 Å². The van der Waals surface area contributed by atoms with Crippen LogP contribution in [-0.4, -0.2) is 73.4 Å². The molecule has 8 nitrogen and oxygen atoms in total. The number of carbonyl (C=O) groups is 1. The van der Waals surface area contributed by atoms with Crippen LogP contribution >= 0.6 is 7.82 Å². The molecule has 3 unspecified atom stereocenters. The van der Waals surface area contributed by atoms with Gasteiger partial charge in [0.2, 0.25) is 5.91 Å². The lowest BCUT2D eigenvalue weighted by molar-refractivity contribution is -0.870. The quantitative estimate of drug-likeness (QED) is 0.0342. The van der Waals surface area contributed by atoms with Crippen molar-refractivity contribution in [1.29, 1.82) is 0 Å². The molecule has 0 aromatic heterocycles. The van der Waals surface area contributed by atoms with Gasteiger partial charge in [-0.1, -0.05) is 102 Å². The molecule has 248 valence electrons. The van der Waals surface area contributed by atoms with E-state index in [-0.39, 0.29) is 19.1 Å². The van der Waals surface area contributed by atoms with Gasteiger partial charge < -0.3 is 19.8 Å². The molecule has 3 N–H and O–H groups in total. The average Bonchev–Trinajstić information content (AvgIpc) is 2.92. The van der Waals surface area contributed by atoms with Crippen LogP contribution in [0.3, 0.4) is 0 Å². The van der Waals surface area contributed by atoms with Gasteiger partial charge in [-0.05, 0) is 44.9 Å². The van der Waals surface area contributed by atoms with Gasteiger partial charge in [-0.2, -0.15) is 0 Å². The number of phosphoric acid groups is 1. The van der Waals surface area contributed by atoms with Crippen molar-refractivity contribution in [2.75, 3.05) is 40.9 Å². The fraction of sp³-hybridized carbons (Fsp3) is 0.848. The number of hydrogen-bond acceptors (Lipinski definition) is 5. The Labute approximate surface area is 258 Å². The van der Waals surface area contributed by atoms with Gasteiger partial charge in [-0.3, -0.25) is 13.8 Å². The molecule has 0 spiro atoms. The third-order valence-electron chi connectivity index (χ3n) is 7.20. The summed E-state index contributed by atoms with van der Waals surface area (Å²) >= 11 is 0. The zero-order chi connectivity index (χ0) is 31.5. The molecule has 0 aromatic rings. The molecule has 0 fully saturated rings. The fourth-order valence-corrected chi connectivity index (χ4v) is 5.16. The van der Waals surface area contributed by atoms with E-state index in [0.717, 1.165) is 70.6 Å². The first kappa shape index (κ1) is 41.0. The minimum Gasteiger partial charge on any atom is -0.391 e. The van der Waals surface area contributed by atoms with Crippen LogP contribution < -0.4 is 5.32 Å². The SMILES string of the molecule is CCCCCC/C=C\C/C=C\CCCCCCCC(=O)NC(COP(=O)(O)OCC[N+](C)(C)C)C(O)CCCCCC. The summed E-state index contributed by atoms with van der Waals surface area (Å²) in [6, 6.07) is -0.760. The molecule has 0 heterocycles. The van der Waals surface area contributed by atoms with E-state index in [9.17, 15) is 19.4 Å². The van der Waals surface area contributed by atoms with Crippen LogP contribution in [0.2, 0.25) is 0 Å². The Morgan fingerprint density at radius 1 is 0.810 bits per heavy atom. The van der Waals surface area contributed by atoms with Crippen LogP contribution in [0.5, 0.6) is 0 Å². The second-order valence-electron chi connectivity index (χ2n) is 12.5. The summed E-state index contributed by atoms with van der Waals surface area (Å²) in [7, 11) is 1.59. The van der Waals surface area contributed by atoms with Crippen molar-refractivity contribution in [2.24, 2.45) is 0 Å². The lowest BCUT2D eigenvalue weighted by atomic mass is 10.0. The molecule has 42 heavy (non-hydrogen) atoms. The third-order valence-corrected chi connectivity index (χ3v) is 8.19. The summed E-state index contributed by atoms with van der Waals surface area (Å²) in [6.07, 6.45) is 26.8. The monoisotopic (exact) mass is 617 g/mol. The highest BCUT2D eigenvalue weighted by molar-refractivity contribution is 7.47. The van der Waals surface area contributed by atoms with Gasteiger partial charge in [-0.25, -0.2) is 4.57 Å². The Kier molecular flexibility index (Phi) is 25.7. The molecular weight excluding hydrogens is 551 g/mol. The molecule has 0 bridgehead atoms. The number of phosphoric ester groups is 1. The van der Waals surface area contributed by atoms with Gasteiger partial charge in [0.1, 0.15) is 13.2 Å². The first-order chi connectivity index (χ1) is 20.0. The standard InChI is InChI=1S/C33H65N2O6P/c1-6-8-10-12-13-14-15-16-17-18-19-20-21-22-23-25-27-33(37)34-31(32(36)26-24-11-9-7-2)30-41-42(38,39)40-29-28-35(3,4)5/h14-15,17-18,31-32,36H,6-13,16,19-30H2,1-5H3,(H-,34,37,38,39)/p+1/b15-14-,18-17-. The smallest absolute Gasteiger partial charge is 0.391 e. The molecule has 9 heteroatoms. The Bertz CT molecular complexity index is 753. The first-order valence-corrected chi connectivity index (χ1v) is 18.2. The maximum Gasteiger partial charge on any atom is 0.472 e. The lowest BCUT2D eigenvalue weighted by Gasteiger charge is -2.26. The zero-order valence-corrected chi connectivity index (χ0v) is 28.6. The van der Waals surface area contributed by atoms with Crippen molar-refractivity contribution >= 4 is 13.7 Å². The molecule has 0 saturated carbocycles. The van der Waals surface area contributed by atoms with Gasteiger partial charge in [0, 0.05) is 6.42 Å². The molecule has 1 amide bonds. The molecule has 0 rings (SSSR count). The average molecular weight is 618 g/mol. The van der Waals surface area contributed by atoms with Crippen LogP contribution in [-0.2, 0) is 18.4 Å². The number of quaternary nitrogens is 1. The van der Waals surface area contributed by atoms with Crippen LogP contribution in [0.15, 0.2) is 24.3 Å². The highest BCUT2D eigenvalue weighted by Gasteiger charge is 2.28. The lowest BCUT2D eigenvalue weighted by Crippen LogP contribution is -2.46. The first-order valence-electron chi connectivity index (χ1n) is 16.7. The number of unbranched alkanes of at least 4 members (excludes halogenated alkanes) is 12. The third kappa shape index (κ3) is 27.8. The highest BCUT2D eigenvalue weighted by atomic mass is 31.2. The van der Waals surface area contributed by atoms with Crippen LogP contribution in [0.1, 0.15) is 129 Å². The highest BCUT2D eigenvalue weighted by Crippen LogP contribution is 2.43. The molecule has 0 aliphatic rings. The van der Waals surface area contributed by atoms with Crippen molar-refractivity contribution in [1.82, 2.24) is 5.32 Å². The Balaban J connectivity index is 4.31. The van der Waals surface area contributed by atoms with E-state index in [2.05, 4.69) is 43.5 Å². The van der Waals surface area contributed by atoms with E-state index in [1.807, 2.05) is 21.1 Å². The predicted octanol–water partition coefficient (Wildman–Crippen LogP) is 7.85. The second-order valence-corrected chi connectivity index (χ2v) is 14.0. The number of hydrogen-bond donors (Lipinski definition) is 3. The topological polar surface area (TPSA) is 105 Å². The minimum absolute atomic E-state index is 0.0702. The van der Waals surface area contributed by atoms with E-state index in [4.69, 9.17) is 9.05 Å². The molecule has 0 saturated heterocycles. The largest absolute Gasteiger partial charge is 0.472 e. The molecular formula is C33H66N2O6P+. The summed E-state index contributed by atoms with van der Waals surface area (Å²) in [5, 5.41) is 13.6. The second kappa shape index (κ2) is 26.4. The maximum atomic E-state index is 12.6. The van der Waals surface area contributed by atoms with Gasteiger partial charge >= 0.3 is 7.82 Å². The summed E-state index contributed by atoms with van der Waals surface area (Å²) in [4.78, 5) is 22.7. The van der Waals surface area contributed by atoms with Gasteiger partial charge in [0.25, 0.3) is 0 Å². The number of carbonyl (C=O) groups excluding carboxylic acids is 1. The Morgan fingerprint density at radius 3 is 1.95 bits per heavy atom. The maximum absolute atomic E-state index is 12.6. The van der Waals surface area contributed by atoms with E-state index in [1.54, 1.807) is 0 Å². The number of likely N-dealkylation sites (N-methyl/N-ethyl adjacent to an activating group) is 1. The summed E-state index contributed by atoms with van der Waals surface area (Å²) in [5.74, 6) is -0.170. The minimum atomic E-state index is -4.29. The number of aliphatic hydroxyl groups excluding tert-OH is 1. The van der Waals surface area contributed by atoms with Crippen molar-refractivity contribution in [3.05, 3.63) is 24.3 Å². The Morgan fingerprint density at radius 2 is 1.36 bits per heavy atom. The number of amides is 1. The van der Waals surface area contributed by atoms with Gasteiger partial charge in [0.05, 0.1) is 39.9 Å². The van der Waals surface area contributed by atoms with E-state index < -0.39 is 20.0 Å². The summed E-state index contributed by atoms with van der Waals surface area (Å²) in [6.45, 7) is 4.70. The van der Waals surface area contributed by atoms with Crippen molar-refractivity contribution in [3.63, 3.8) is 0 Å². The number of rotatable bonds is 29. The number of allylic oxidation sites excluding steroid dienone is 4. The number of nitrogens with one attached hydrogen (secondary N) is 1. The van der Waals surface area contributed by atoms with E-state index >= 15 is 0 Å². The normalized spacial score (nSPS) is 15.3. The Hall–Kier alpha value is -1.02. The molecule has 0 aromatic carbocycles. The molecule has 0 radical (unpaired) electrons. The van der Waals surface area contributed by atoms with Crippen molar-refractivity contribution < 1.29 is 32.9 Å². The summed E-state index contributed by atoms with van der Waals surface area (Å²) in [5.41, 5.74) is 0. The van der Waals surface area contributed by atoms with Gasteiger partial charge in [-0.15, -0.1) is 0 Å². The van der Waals surface area contributed by atoms with Crippen molar-refractivity contribution in [2.45, 2.75) is 142 Å².